The Morgan fingerprint density at radius 3 is 1.80 bits per heavy atom. The molecule has 2 aromatic heterocycles. The summed E-state index contributed by atoms with van der Waals surface area (Å²) in [4.78, 5) is 9.76. The lowest BCUT2D eigenvalue weighted by Gasteiger charge is -2.32. The summed E-state index contributed by atoms with van der Waals surface area (Å²) in [5.41, 5.74) is 13.7. The van der Waals surface area contributed by atoms with Gasteiger partial charge in [-0.1, -0.05) is 171 Å². The van der Waals surface area contributed by atoms with Crippen LogP contribution in [0.1, 0.15) is 83.2 Å². The molecule has 5 nitrogen and oxygen atoms in total. The highest BCUT2D eigenvalue weighted by Crippen LogP contribution is 2.43. The maximum Gasteiger partial charge on any atom is 0.137 e. The number of ether oxygens (including phenoxy) is 1. The lowest BCUT2D eigenvalue weighted by atomic mass is 9.75. The van der Waals surface area contributed by atoms with Crippen molar-refractivity contribution in [2.45, 2.75) is 71.6 Å². The van der Waals surface area contributed by atoms with Gasteiger partial charge in [-0.3, -0.25) is 4.57 Å². The number of rotatable bonds is 9. The van der Waals surface area contributed by atoms with E-state index in [1.807, 2.05) is 6.20 Å². The van der Waals surface area contributed by atoms with Crippen molar-refractivity contribution in [2.75, 3.05) is 16.5 Å². The highest BCUT2D eigenvalue weighted by atomic mass is 16.5. The molecule has 0 fully saturated rings. The van der Waals surface area contributed by atoms with Gasteiger partial charge in [0.05, 0.1) is 23.4 Å². The molecule has 0 spiro atoms. The first-order chi connectivity index (χ1) is 31.7. The van der Waals surface area contributed by atoms with Crippen molar-refractivity contribution in [1.82, 2.24) is 9.55 Å². The zero-order valence-electron chi connectivity index (χ0n) is 39.4. The number of pyridine rings is 1. The molecule has 5 heteroatoms. The maximum absolute atomic E-state index is 6.99. The Kier molecular flexibility index (Phi) is 10.7. The van der Waals surface area contributed by atoms with E-state index in [1.165, 1.54) is 33.3 Å². The Bertz CT molecular complexity index is 3240. The first kappa shape index (κ1) is 42.6. The molecular formula is C61H58N4O. The molecule has 0 amide bonds. The second-order valence-corrected chi connectivity index (χ2v) is 20.3. The average Bonchev–Trinajstić information content (AvgIpc) is 3.92. The molecule has 328 valence electrons. The van der Waals surface area contributed by atoms with Crippen LogP contribution in [0.15, 0.2) is 194 Å². The van der Waals surface area contributed by atoms with Crippen LogP contribution in [-0.2, 0) is 16.2 Å². The number of benzene rings is 7. The van der Waals surface area contributed by atoms with Crippen molar-refractivity contribution in [3.05, 3.63) is 222 Å². The van der Waals surface area contributed by atoms with Gasteiger partial charge in [-0.2, -0.15) is 0 Å². The van der Waals surface area contributed by atoms with Crippen molar-refractivity contribution >= 4 is 38.9 Å². The molecule has 0 radical (unpaired) electrons. The summed E-state index contributed by atoms with van der Waals surface area (Å²) >= 11 is 0. The van der Waals surface area contributed by atoms with Crippen LogP contribution >= 0.6 is 0 Å². The highest BCUT2D eigenvalue weighted by Gasteiger charge is 2.31. The second-order valence-electron chi connectivity index (χ2n) is 20.3. The van der Waals surface area contributed by atoms with E-state index in [4.69, 9.17) is 9.72 Å². The predicted molar refractivity (Wildman–Crippen MR) is 277 cm³/mol. The van der Waals surface area contributed by atoms with Gasteiger partial charge in [0.2, 0.25) is 0 Å². The highest BCUT2D eigenvalue weighted by molar-refractivity contribution is 6.09. The van der Waals surface area contributed by atoms with Gasteiger partial charge in [-0.15, -0.1) is 0 Å². The summed E-state index contributed by atoms with van der Waals surface area (Å²) in [6, 6.07) is 65.4. The second kappa shape index (κ2) is 16.6. The number of hydrogen-bond donors (Lipinski definition) is 0. The van der Waals surface area contributed by atoms with E-state index in [2.05, 4.69) is 258 Å². The fourth-order valence-electron chi connectivity index (χ4n) is 9.29. The third kappa shape index (κ3) is 8.15. The molecular weight excluding hydrogens is 805 g/mol. The number of para-hydroxylation sites is 1. The van der Waals surface area contributed by atoms with Gasteiger partial charge in [0, 0.05) is 52.1 Å². The van der Waals surface area contributed by atoms with Crippen molar-refractivity contribution in [1.29, 1.82) is 0 Å². The van der Waals surface area contributed by atoms with E-state index >= 15 is 0 Å². The quantitative estimate of drug-likeness (QED) is 0.145. The molecule has 7 aromatic carbocycles. The van der Waals surface area contributed by atoms with Crippen LogP contribution in [0.4, 0.5) is 11.4 Å². The number of anilines is 2. The SMILES string of the molecule is CC(C)(C)c1cc(N2CN(c3cc(Oc4ccc5c6ccccc6n(-c6cc(C(C)(C)C)ccn6)c5c4)cc(-c4ccccc4)c3)C=C2c2ccccc2)cc(C(C)(C)c2ccccc2)c1. The van der Waals surface area contributed by atoms with Crippen molar-refractivity contribution in [2.24, 2.45) is 0 Å². The molecule has 0 saturated heterocycles. The van der Waals surface area contributed by atoms with Crippen LogP contribution in [0.2, 0.25) is 0 Å². The fraction of sp³-hybridized carbons (Fsp3) is 0.197. The molecule has 0 bridgehead atoms. The van der Waals surface area contributed by atoms with Gasteiger partial charge in [-0.25, -0.2) is 4.98 Å². The van der Waals surface area contributed by atoms with Crippen molar-refractivity contribution in [3.8, 4) is 28.4 Å². The van der Waals surface area contributed by atoms with Crippen molar-refractivity contribution < 1.29 is 4.74 Å². The lowest BCUT2D eigenvalue weighted by Crippen LogP contribution is -2.28. The third-order valence-electron chi connectivity index (χ3n) is 13.3. The molecule has 0 N–H and O–H groups in total. The molecule has 0 unspecified atom stereocenters. The smallest absolute Gasteiger partial charge is 0.137 e. The van der Waals surface area contributed by atoms with E-state index in [-0.39, 0.29) is 16.2 Å². The molecule has 0 saturated carbocycles. The standard InChI is InChI=1S/C61H58N4O/c1-59(2,3)46-30-31-62-58(37-46)65-55-27-19-18-26-53(55)54-29-28-51(39-56(54)65)66-52-33-44(42-20-12-9-13-21-42)32-49(38-52)63-40-57(43-22-14-10-15-23-43)64(41-63)50-35-47(60(4,5)6)34-48(36-50)61(7,8)45-24-16-11-17-25-45/h9-40H,41H2,1-8H3. The van der Waals surface area contributed by atoms with Gasteiger partial charge in [-0.05, 0) is 104 Å². The number of fused-ring (bicyclic) bond motifs is 3. The van der Waals surface area contributed by atoms with Crippen LogP contribution in [0, 0.1) is 0 Å². The number of aromatic nitrogens is 2. The molecule has 1 aliphatic heterocycles. The lowest BCUT2D eigenvalue weighted by molar-refractivity contribution is 0.483. The number of nitrogens with zero attached hydrogens (tertiary/aromatic N) is 4. The minimum Gasteiger partial charge on any atom is -0.457 e. The largest absolute Gasteiger partial charge is 0.457 e. The Morgan fingerprint density at radius 1 is 0.455 bits per heavy atom. The molecule has 1 aliphatic rings. The number of hydrogen-bond acceptors (Lipinski definition) is 4. The molecule has 9 aromatic rings. The van der Waals surface area contributed by atoms with E-state index in [1.54, 1.807) is 0 Å². The third-order valence-corrected chi connectivity index (χ3v) is 13.3. The summed E-state index contributed by atoms with van der Waals surface area (Å²) < 4.78 is 9.26. The zero-order valence-corrected chi connectivity index (χ0v) is 39.4. The normalized spacial score (nSPS) is 13.4. The van der Waals surface area contributed by atoms with E-state index in [0.29, 0.717) is 6.67 Å². The van der Waals surface area contributed by atoms with Gasteiger partial charge < -0.3 is 14.5 Å². The first-order valence-corrected chi connectivity index (χ1v) is 23.1. The molecule has 10 rings (SSSR count). The minimum absolute atomic E-state index is 0.0195. The summed E-state index contributed by atoms with van der Waals surface area (Å²) in [5.74, 6) is 2.41. The minimum atomic E-state index is -0.214. The van der Waals surface area contributed by atoms with Crippen molar-refractivity contribution in [3.63, 3.8) is 0 Å². The van der Waals surface area contributed by atoms with Crippen LogP contribution in [0.5, 0.6) is 11.5 Å². The first-order valence-electron chi connectivity index (χ1n) is 23.1. The van der Waals surface area contributed by atoms with Crippen LogP contribution in [0.3, 0.4) is 0 Å². The summed E-state index contributed by atoms with van der Waals surface area (Å²) in [5, 5.41) is 2.33. The zero-order chi connectivity index (χ0) is 45.8. The monoisotopic (exact) mass is 862 g/mol. The van der Waals surface area contributed by atoms with Crippen LogP contribution in [0.25, 0.3) is 44.4 Å². The summed E-state index contributed by atoms with van der Waals surface area (Å²) in [6.07, 6.45) is 4.23. The van der Waals surface area contributed by atoms with Crippen LogP contribution in [-0.4, -0.2) is 16.2 Å². The van der Waals surface area contributed by atoms with Gasteiger partial charge in [0.1, 0.15) is 17.3 Å². The maximum atomic E-state index is 6.99. The van der Waals surface area contributed by atoms with Crippen LogP contribution < -0.4 is 14.5 Å². The van der Waals surface area contributed by atoms with Gasteiger partial charge in [0.15, 0.2) is 0 Å². The Balaban J connectivity index is 1.08. The van der Waals surface area contributed by atoms with E-state index in [9.17, 15) is 0 Å². The van der Waals surface area contributed by atoms with Gasteiger partial charge in [0.25, 0.3) is 0 Å². The molecule has 66 heavy (non-hydrogen) atoms. The molecule has 3 heterocycles. The average molecular weight is 863 g/mol. The predicted octanol–water partition coefficient (Wildman–Crippen LogP) is 15.8. The Morgan fingerprint density at radius 2 is 1.09 bits per heavy atom. The van der Waals surface area contributed by atoms with E-state index < -0.39 is 0 Å². The molecule has 0 atom stereocenters. The van der Waals surface area contributed by atoms with E-state index in [0.717, 1.165) is 61.8 Å². The Labute approximate surface area is 390 Å². The summed E-state index contributed by atoms with van der Waals surface area (Å²) in [6.45, 7) is 19.0. The van der Waals surface area contributed by atoms with Gasteiger partial charge >= 0.3 is 0 Å². The topological polar surface area (TPSA) is 33.5 Å². The summed E-state index contributed by atoms with van der Waals surface area (Å²) in [7, 11) is 0. The molecule has 0 aliphatic carbocycles. The fourth-order valence-corrected chi connectivity index (χ4v) is 9.29. The Hall–Kier alpha value is -7.37.